The molecule has 2 aromatic heterocycles. The summed E-state index contributed by atoms with van der Waals surface area (Å²) in [6.45, 7) is 3.09. The summed E-state index contributed by atoms with van der Waals surface area (Å²) >= 11 is 0. The lowest BCUT2D eigenvalue weighted by Gasteiger charge is -2.01. The molecule has 2 heterocycles. The molecule has 0 aliphatic rings. The molecule has 2 rings (SSSR count). The van der Waals surface area contributed by atoms with E-state index < -0.39 is 0 Å². The van der Waals surface area contributed by atoms with Crippen LogP contribution >= 0.6 is 0 Å². The standard InChI is InChI=1S/C12H19N5O/c1-16-5-3-12(15-16)10-17-9-11(8-14-17)7-13-4-6-18-2/h3,5,8-9,13H,4,6-7,10H2,1-2H3. The Bertz CT molecular complexity index is 476. The minimum atomic E-state index is 0.707. The van der Waals surface area contributed by atoms with Crippen LogP contribution in [-0.2, 0) is 24.9 Å². The van der Waals surface area contributed by atoms with Crippen molar-refractivity contribution in [2.24, 2.45) is 7.05 Å². The van der Waals surface area contributed by atoms with Gasteiger partial charge in [-0.15, -0.1) is 0 Å². The second kappa shape index (κ2) is 6.32. The maximum absolute atomic E-state index is 4.97. The first kappa shape index (κ1) is 12.8. The molecule has 0 fully saturated rings. The highest BCUT2D eigenvalue weighted by atomic mass is 16.5. The van der Waals surface area contributed by atoms with Crippen LogP contribution in [-0.4, -0.2) is 39.8 Å². The van der Waals surface area contributed by atoms with Gasteiger partial charge >= 0.3 is 0 Å². The van der Waals surface area contributed by atoms with Gasteiger partial charge in [-0.25, -0.2) is 0 Å². The molecule has 0 saturated heterocycles. The number of aryl methyl sites for hydroxylation is 1. The Hall–Kier alpha value is -1.66. The number of aromatic nitrogens is 4. The first-order valence-corrected chi connectivity index (χ1v) is 5.97. The number of nitrogens with one attached hydrogen (secondary N) is 1. The van der Waals surface area contributed by atoms with E-state index in [1.54, 1.807) is 11.8 Å². The van der Waals surface area contributed by atoms with Gasteiger partial charge in [0.25, 0.3) is 0 Å². The molecular formula is C12H19N5O. The van der Waals surface area contributed by atoms with E-state index in [0.29, 0.717) is 6.54 Å². The van der Waals surface area contributed by atoms with Crippen LogP contribution in [0, 0.1) is 0 Å². The molecule has 0 unspecified atom stereocenters. The predicted octanol–water partition coefficient (Wildman–Crippen LogP) is 0.401. The lowest BCUT2D eigenvalue weighted by atomic mass is 10.3. The predicted molar refractivity (Wildman–Crippen MR) is 68.1 cm³/mol. The summed E-state index contributed by atoms with van der Waals surface area (Å²) < 4.78 is 8.67. The second-order valence-corrected chi connectivity index (χ2v) is 4.20. The Morgan fingerprint density at radius 3 is 3.06 bits per heavy atom. The number of hydrogen-bond acceptors (Lipinski definition) is 4. The van der Waals surface area contributed by atoms with Crippen molar-refractivity contribution in [2.75, 3.05) is 20.3 Å². The van der Waals surface area contributed by atoms with Crippen molar-refractivity contribution in [1.29, 1.82) is 0 Å². The fourth-order valence-electron chi connectivity index (χ4n) is 1.70. The fourth-order valence-corrected chi connectivity index (χ4v) is 1.70. The molecule has 6 nitrogen and oxygen atoms in total. The van der Waals surface area contributed by atoms with Crippen LogP contribution in [0.4, 0.5) is 0 Å². The monoisotopic (exact) mass is 249 g/mol. The van der Waals surface area contributed by atoms with Crippen molar-refractivity contribution in [1.82, 2.24) is 24.9 Å². The van der Waals surface area contributed by atoms with Gasteiger partial charge < -0.3 is 10.1 Å². The molecule has 98 valence electrons. The Morgan fingerprint density at radius 1 is 1.44 bits per heavy atom. The van der Waals surface area contributed by atoms with Crippen molar-refractivity contribution in [3.8, 4) is 0 Å². The largest absolute Gasteiger partial charge is 0.383 e. The van der Waals surface area contributed by atoms with Gasteiger partial charge in [0.15, 0.2) is 0 Å². The van der Waals surface area contributed by atoms with Crippen LogP contribution in [0.2, 0.25) is 0 Å². The summed E-state index contributed by atoms with van der Waals surface area (Å²) in [7, 11) is 3.62. The molecule has 6 heteroatoms. The maximum Gasteiger partial charge on any atom is 0.0849 e. The third-order valence-corrected chi connectivity index (χ3v) is 2.59. The molecule has 0 atom stereocenters. The number of hydrogen-bond donors (Lipinski definition) is 1. The lowest BCUT2D eigenvalue weighted by molar-refractivity contribution is 0.199. The molecule has 0 aliphatic heterocycles. The Labute approximate surface area is 107 Å². The van der Waals surface area contributed by atoms with Gasteiger partial charge in [-0.05, 0) is 6.07 Å². The lowest BCUT2D eigenvalue weighted by Crippen LogP contribution is -2.18. The number of methoxy groups -OCH3 is 1. The molecule has 0 bridgehead atoms. The van der Waals surface area contributed by atoms with Gasteiger partial charge in [-0.2, -0.15) is 10.2 Å². The summed E-state index contributed by atoms with van der Waals surface area (Å²) in [5.41, 5.74) is 2.18. The van der Waals surface area contributed by atoms with Crippen molar-refractivity contribution >= 4 is 0 Å². The highest BCUT2D eigenvalue weighted by Crippen LogP contribution is 2.01. The van der Waals surface area contributed by atoms with E-state index in [4.69, 9.17) is 4.74 Å². The normalized spacial score (nSPS) is 11.0. The van der Waals surface area contributed by atoms with E-state index in [1.807, 2.05) is 36.4 Å². The average Bonchev–Trinajstić information content (AvgIpc) is 2.95. The maximum atomic E-state index is 4.97. The van der Waals surface area contributed by atoms with Crippen LogP contribution < -0.4 is 5.32 Å². The molecule has 0 saturated carbocycles. The van der Waals surface area contributed by atoms with E-state index in [9.17, 15) is 0 Å². The SMILES string of the molecule is COCCNCc1cnn(Cc2ccn(C)n2)c1. The molecule has 1 N–H and O–H groups in total. The summed E-state index contributed by atoms with van der Waals surface area (Å²) in [5.74, 6) is 0. The smallest absolute Gasteiger partial charge is 0.0849 e. The molecule has 2 aromatic rings. The van der Waals surface area contributed by atoms with Gasteiger partial charge in [0.1, 0.15) is 0 Å². The molecule has 0 amide bonds. The van der Waals surface area contributed by atoms with Crippen LogP contribution in [0.1, 0.15) is 11.3 Å². The first-order valence-electron chi connectivity index (χ1n) is 5.97. The number of rotatable bonds is 7. The summed E-state index contributed by atoms with van der Waals surface area (Å²) in [6.07, 6.45) is 5.85. The average molecular weight is 249 g/mol. The van der Waals surface area contributed by atoms with Crippen LogP contribution in [0.5, 0.6) is 0 Å². The Balaban J connectivity index is 1.82. The minimum Gasteiger partial charge on any atom is -0.383 e. The second-order valence-electron chi connectivity index (χ2n) is 4.20. The quantitative estimate of drug-likeness (QED) is 0.722. The van der Waals surface area contributed by atoms with E-state index in [0.717, 1.165) is 25.4 Å². The van der Waals surface area contributed by atoms with Crippen LogP contribution in [0.3, 0.4) is 0 Å². The van der Waals surface area contributed by atoms with Crippen molar-refractivity contribution in [3.63, 3.8) is 0 Å². The van der Waals surface area contributed by atoms with Gasteiger partial charge in [-0.3, -0.25) is 9.36 Å². The Kier molecular flexibility index (Phi) is 4.49. The summed E-state index contributed by atoms with van der Waals surface area (Å²) in [6, 6.07) is 2.00. The third-order valence-electron chi connectivity index (χ3n) is 2.59. The fraction of sp³-hybridized carbons (Fsp3) is 0.500. The summed E-state index contributed by atoms with van der Waals surface area (Å²) in [4.78, 5) is 0. The first-order chi connectivity index (χ1) is 8.78. The van der Waals surface area contributed by atoms with E-state index in [1.165, 1.54) is 5.56 Å². The van der Waals surface area contributed by atoms with Crippen molar-refractivity contribution in [2.45, 2.75) is 13.1 Å². The van der Waals surface area contributed by atoms with Gasteiger partial charge in [0.05, 0.1) is 25.0 Å². The summed E-state index contributed by atoms with van der Waals surface area (Å²) in [5, 5.41) is 11.9. The van der Waals surface area contributed by atoms with Crippen molar-refractivity contribution < 1.29 is 4.74 Å². The molecule has 18 heavy (non-hydrogen) atoms. The van der Waals surface area contributed by atoms with Gasteiger partial charge in [0.2, 0.25) is 0 Å². The van der Waals surface area contributed by atoms with Crippen LogP contribution in [0.15, 0.2) is 24.7 Å². The van der Waals surface area contributed by atoms with Gasteiger partial charge in [-0.1, -0.05) is 0 Å². The third kappa shape index (κ3) is 3.68. The zero-order valence-corrected chi connectivity index (χ0v) is 10.8. The highest BCUT2D eigenvalue weighted by Gasteiger charge is 2.01. The van der Waals surface area contributed by atoms with Crippen LogP contribution in [0.25, 0.3) is 0 Å². The van der Waals surface area contributed by atoms with Gasteiger partial charge in [0, 0.05) is 45.2 Å². The molecule has 0 spiro atoms. The number of ether oxygens (including phenoxy) is 1. The minimum absolute atomic E-state index is 0.707. The van der Waals surface area contributed by atoms with Crippen molar-refractivity contribution in [3.05, 3.63) is 35.9 Å². The topological polar surface area (TPSA) is 56.9 Å². The number of nitrogens with zero attached hydrogens (tertiary/aromatic N) is 4. The molecular weight excluding hydrogens is 230 g/mol. The van der Waals surface area contributed by atoms with E-state index >= 15 is 0 Å². The molecule has 0 radical (unpaired) electrons. The highest BCUT2D eigenvalue weighted by molar-refractivity contribution is 5.06. The van der Waals surface area contributed by atoms with E-state index in [-0.39, 0.29) is 0 Å². The Morgan fingerprint density at radius 2 is 2.33 bits per heavy atom. The molecule has 0 aromatic carbocycles. The van der Waals surface area contributed by atoms with E-state index in [2.05, 4.69) is 15.5 Å². The zero-order valence-electron chi connectivity index (χ0n) is 10.8. The molecule has 0 aliphatic carbocycles. The zero-order chi connectivity index (χ0) is 12.8.